The van der Waals surface area contributed by atoms with E-state index >= 15 is 0 Å². The molecule has 1 aliphatic heterocycles. The predicted octanol–water partition coefficient (Wildman–Crippen LogP) is 3.91. The fraction of sp³-hybridized carbons (Fsp3) is 0.588. The number of halogens is 6. The van der Waals surface area contributed by atoms with Crippen molar-refractivity contribution in [1.29, 1.82) is 0 Å². The number of nitrogens with zero attached hydrogens (tertiary/aromatic N) is 1. The second kappa shape index (κ2) is 6.14. The summed E-state index contributed by atoms with van der Waals surface area (Å²) < 4.78 is 78.4. The summed E-state index contributed by atoms with van der Waals surface area (Å²) in [5, 5.41) is 3.02. The lowest BCUT2D eigenvalue weighted by molar-refractivity contribution is -0.200. The summed E-state index contributed by atoms with van der Waals surface area (Å²) >= 11 is 0. The van der Waals surface area contributed by atoms with Gasteiger partial charge in [0, 0.05) is 25.2 Å². The van der Waals surface area contributed by atoms with E-state index in [1.807, 2.05) is 0 Å². The van der Waals surface area contributed by atoms with E-state index in [1.54, 1.807) is 6.92 Å². The Morgan fingerprint density at radius 1 is 1.19 bits per heavy atom. The number of carbonyl (C=O) groups excluding carboxylic acids is 1. The molecule has 1 aromatic rings. The van der Waals surface area contributed by atoms with Gasteiger partial charge >= 0.3 is 12.4 Å². The van der Waals surface area contributed by atoms with Crippen LogP contribution in [0.5, 0.6) is 0 Å². The molecule has 1 aliphatic carbocycles. The minimum Gasteiger partial charge on any atom is -0.336 e. The minimum absolute atomic E-state index is 0.0981. The van der Waals surface area contributed by atoms with Crippen LogP contribution in [0.1, 0.15) is 36.9 Å². The molecule has 0 spiro atoms. The molecule has 3 nitrogen and oxygen atoms in total. The van der Waals surface area contributed by atoms with Gasteiger partial charge < -0.3 is 10.2 Å². The molecule has 0 radical (unpaired) electrons. The molecular formula is C17H18F6N2O. The summed E-state index contributed by atoms with van der Waals surface area (Å²) in [5.74, 6) is -0.976. The largest absolute Gasteiger partial charge is 0.416 e. The lowest BCUT2D eigenvalue weighted by Crippen LogP contribution is -2.57. The van der Waals surface area contributed by atoms with Crippen molar-refractivity contribution in [1.82, 2.24) is 10.2 Å². The van der Waals surface area contributed by atoms with Crippen LogP contribution < -0.4 is 5.32 Å². The average molecular weight is 380 g/mol. The summed E-state index contributed by atoms with van der Waals surface area (Å²) in [6, 6.07) is 3.50. The SMILES string of the molecule is C[C@@H]1CNC(c2cccc(C(F)(F)F)c2)CN1C(=O)C1(C(F)(F)F)CC1. The third-order valence-electron chi connectivity index (χ3n) is 5.15. The lowest BCUT2D eigenvalue weighted by Gasteiger charge is -2.41. The van der Waals surface area contributed by atoms with Gasteiger partial charge in [0.15, 0.2) is 0 Å². The van der Waals surface area contributed by atoms with Crippen LogP contribution in [0.15, 0.2) is 24.3 Å². The molecule has 1 saturated carbocycles. The molecule has 1 aromatic carbocycles. The first kappa shape index (κ1) is 19.0. The molecule has 2 aliphatic rings. The number of hydrogen-bond donors (Lipinski definition) is 1. The van der Waals surface area contributed by atoms with Crippen molar-refractivity contribution < 1.29 is 31.1 Å². The summed E-state index contributed by atoms with van der Waals surface area (Å²) in [6.07, 6.45) is -9.59. The van der Waals surface area contributed by atoms with E-state index in [9.17, 15) is 31.1 Å². The predicted molar refractivity (Wildman–Crippen MR) is 81.1 cm³/mol. The van der Waals surface area contributed by atoms with Gasteiger partial charge in [-0.1, -0.05) is 12.1 Å². The second-order valence-corrected chi connectivity index (χ2v) is 6.97. The van der Waals surface area contributed by atoms with Gasteiger partial charge in [-0.25, -0.2) is 0 Å². The first-order valence-corrected chi connectivity index (χ1v) is 8.24. The highest BCUT2D eigenvalue weighted by molar-refractivity contribution is 5.86. The minimum atomic E-state index is -4.61. The Morgan fingerprint density at radius 2 is 1.85 bits per heavy atom. The molecular weight excluding hydrogens is 362 g/mol. The van der Waals surface area contributed by atoms with Crippen molar-refractivity contribution in [2.45, 2.75) is 44.2 Å². The van der Waals surface area contributed by atoms with Gasteiger partial charge in [0.05, 0.1) is 5.56 Å². The van der Waals surface area contributed by atoms with Crippen LogP contribution in [0.4, 0.5) is 26.3 Å². The standard InChI is InChI=1S/C17H18F6N2O/c1-10-8-24-13(11-3-2-4-12(7-11)16(18,19)20)9-25(10)14(26)15(5-6-15)17(21,22)23/h2-4,7,10,13,24H,5-6,8-9H2,1H3/t10-,13?/m1/s1. The molecule has 26 heavy (non-hydrogen) atoms. The molecule has 2 atom stereocenters. The van der Waals surface area contributed by atoms with Crippen molar-refractivity contribution in [2.75, 3.05) is 13.1 Å². The van der Waals surface area contributed by atoms with Gasteiger partial charge in [0.2, 0.25) is 5.91 Å². The number of carbonyl (C=O) groups is 1. The molecule has 1 amide bonds. The van der Waals surface area contributed by atoms with Crippen LogP contribution in [0.25, 0.3) is 0 Å². The Kier molecular flexibility index (Phi) is 4.49. The van der Waals surface area contributed by atoms with Gasteiger partial charge in [0.25, 0.3) is 0 Å². The molecule has 1 unspecified atom stereocenters. The monoisotopic (exact) mass is 380 g/mol. The molecule has 0 bridgehead atoms. The van der Waals surface area contributed by atoms with E-state index in [2.05, 4.69) is 5.32 Å². The number of nitrogens with one attached hydrogen (secondary N) is 1. The quantitative estimate of drug-likeness (QED) is 0.789. The lowest BCUT2D eigenvalue weighted by atomic mass is 9.97. The highest BCUT2D eigenvalue weighted by Crippen LogP contribution is 2.59. The van der Waals surface area contributed by atoms with Crippen molar-refractivity contribution in [2.24, 2.45) is 5.41 Å². The van der Waals surface area contributed by atoms with E-state index in [0.29, 0.717) is 5.56 Å². The topological polar surface area (TPSA) is 32.3 Å². The molecule has 2 fully saturated rings. The summed E-state index contributed by atoms with van der Waals surface area (Å²) in [6.45, 7) is 1.74. The van der Waals surface area contributed by atoms with E-state index in [0.717, 1.165) is 17.0 Å². The van der Waals surface area contributed by atoms with Crippen LogP contribution >= 0.6 is 0 Å². The number of rotatable bonds is 2. The first-order chi connectivity index (χ1) is 12.0. The molecule has 0 aromatic heterocycles. The highest BCUT2D eigenvalue weighted by Gasteiger charge is 2.69. The van der Waals surface area contributed by atoms with E-state index in [1.165, 1.54) is 12.1 Å². The first-order valence-electron chi connectivity index (χ1n) is 8.24. The zero-order chi connectivity index (χ0) is 19.3. The third-order valence-corrected chi connectivity index (χ3v) is 5.15. The van der Waals surface area contributed by atoms with Gasteiger partial charge in [0.1, 0.15) is 5.41 Å². The van der Waals surface area contributed by atoms with E-state index in [4.69, 9.17) is 0 Å². The Hall–Kier alpha value is -1.77. The summed E-state index contributed by atoms with van der Waals surface area (Å²) in [7, 11) is 0. The molecule has 144 valence electrons. The van der Waals surface area contributed by atoms with Gasteiger partial charge in [-0.05, 0) is 37.5 Å². The zero-order valence-electron chi connectivity index (χ0n) is 13.9. The van der Waals surface area contributed by atoms with Gasteiger partial charge in [-0.3, -0.25) is 4.79 Å². The molecule has 1 heterocycles. The van der Waals surface area contributed by atoms with Crippen LogP contribution in [-0.4, -0.2) is 36.1 Å². The maximum atomic E-state index is 13.2. The van der Waals surface area contributed by atoms with Crippen LogP contribution in [-0.2, 0) is 11.0 Å². The zero-order valence-corrected chi connectivity index (χ0v) is 13.9. The average Bonchev–Trinajstić information content (AvgIpc) is 3.35. The molecule has 1 N–H and O–H groups in total. The van der Waals surface area contributed by atoms with Crippen molar-refractivity contribution in [3.63, 3.8) is 0 Å². The fourth-order valence-corrected chi connectivity index (χ4v) is 3.32. The number of hydrogen-bond acceptors (Lipinski definition) is 2. The Bertz CT molecular complexity index is 695. The van der Waals surface area contributed by atoms with Crippen molar-refractivity contribution in [3.8, 4) is 0 Å². The van der Waals surface area contributed by atoms with Gasteiger partial charge in [-0.15, -0.1) is 0 Å². The second-order valence-electron chi connectivity index (χ2n) is 6.97. The van der Waals surface area contributed by atoms with Crippen molar-refractivity contribution in [3.05, 3.63) is 35.4 Å². The Morgan fingerprint density at radius 3 is 2.38 bits per heavy atom. The maximum absolute atomic E-state index is 13.2. The summed E-state index contributed by atoms with van der Waals surface area (Å²) in [4.78, 5) is 13.7. The van der Waals surface area contributed by atoms with Crippen LogP contribution in [0.3, 0.4) is 0 Å². The maximum Gasteiger partial charge on any atom is 0.416 e. The van der Waals surface area contributed by atoms with E-state index in [-0.39, 0.29) is 25.9 Å². The third kappa shape index (κ3) is 3.28. The Balaban J connectivity index is 1.82. The fourth-order valence-electron chi connectivity index (χ4n) is 3.32. The number of piperazine rings is 1. The normalized spacial score (nSPS) is 25.9. The molecule has 3 rings (SSSR count). The van der Waals surface area contributed by atoms with Crippen LogP contribution in [0, 0.1) is 5.41 Å². The number of benzene rings is 1. The van der Waals surface area contributed by atoms with Crippen LogP contribution in [0.2, 0.25) is 0 Å². The highest BCUT2D eigenvalue weighted by atomic mass is 19.4. The molecule has 1 saturated heterocycles. The Labute approximate surface area is 146 Å². The van der Waals surface area contributed by atoms with Gasteiger partial charge in [-0.2, -0.15) is 26.3 Å². The number of alkyl halides is 6. The molecule has 9 heteroatoms. The van der Waals surface area contributed by atoms with Crippen molar-refractivity contribution >= 4 is 5.91 Å². The smallest absolute Gasteiger partial charge is 0.336 e. The summed E-state index contributed by atoms with van der Waals surface area (Å²) in [5.41, 5.74) is -2.86. The number of amides is 1. The van der Waals surface area contributed by atoms with E-state index < -0.39 is 41.3 Å².